The van der Waals surface area contributed by atoms with Crippen molar-refractivity contribution < 1.29 is 27.0 Å². The number of nitrogens with one attached hydrogen (secondary N) is 2. The maximum Gasteiger partial charge on any atom is 0.419 e. The van der Waals surface area contributed by atoms with E-state index in [-0.39, 0.29) is 29.6 Å². The number of likely N-dealkylation sites (tertiary alicyclic amines) is 1. The number of halogens is 3. The molecule has 4 fully saturated rings. The number of aromatic nitrogens is 4. The van der Waals surface area contributed by atoms with Gasteiger partial charge in [0.25, 0.3) is 0 Å². The quantitative estimate of drug-likeness (QED) is 0.197. The molecule has 2 aromatic carbocycles. The van der Waals surface area contributed by atoms with Crippen molar-refractivity contribution in [2.75, 3.05) is 54.4 Å². The molecule has 0 radical (unpaired) electrons. The Bertz CT molecular complexity index is 2070. The number of alkyl halides is 3. The van der Waals surface area contributed by atoms with Crippen molar-refractivity contribution in [3.63, 3.8) is 0 Å². The van der Waals surface area contributed by atoms with Gasteiger partial charge < -0.3 is 15.1 Å². The smallest absolute Gasteiger partial charge is 0.371 e. The highest BCUT2D eigenvalue weighted by Gasteiger charge is 2.33. The second-order valence-corrected chi connectivity index (χ2v) is 17.4. The van der Waals surface area contributed by atoms with E-state index in [0.29, 0.717) is 24.2 Å². The molecule has 1 saturated carbocycles. The molecule has 0 spiro atoms. The average molecular weight is 792 g/mol. The number of anilines is 3. The summed E-state index contributed by atoms with van der Waals surface area (Å²) in [4.78, 5) is 39.3. The molecule has 8 rings (SSSR count). The zero-order chi connectivity index (χ0) is 39.0. The second kappa shape index (κ2) is 16.1. The predicted molar refractivity (Wildman–Crippen MR) is 209 cm³/mol. The van der Waals surface area contributed by atoms with Gasteiger partial charge in [-0.05, 0) is 112 Å². The van der Waals surface area contributed by atoms with Crippen molar-refractivity contribution >= 4 is 51.1 Å². The van der Waals surface area contributed by atoms with Gasteiger partial charge in [-0.25, -0.2) is 14.8 Å². The number of urea groups is 1. The molecule has 56 heavy (non-hydrogen) atoms. The van der Waals surface area contributed by atoms with Gasteiger partial charge >= 0.3 is 12.2 Å². The van der Waals surface area contributed by atoms with Crippen LogP contribution in [0.3, 0.4) is 0 Å². The third kappa shape index (κ3) is 8.41. The normalized spacial score (nSPS) is 22.7. The molecule has 1 atom stereocenters. The summed E-state index contributed by atoms with van der Waals surface area (Å²) in [5.74, 6) is 1.63. The number of aryl methyl sites for hydroxylation is 1. The van der Waals surface area contributed by atoms with E-state index in [4.69, 9.17) is 0 Å². The summed E-state index contributed by atoms with van der Waals surface area (Å²) in [6, 6.07) is 14.3. The van der Waals surface area contributed by atoms with E-state index in [1.54, 1.807) is 4.90 Å². The van der Waals surface area contributed by atoms with E-state index in [2.05, 4.69) is 65.8 Å². The highest BCUT2D eigenvalue weighted by atomic mass is 32.2. The SMILES string of the molecule is Cn1nc(N2CCC(=O)NC2=O)c2ccc(C3CCN(CC4CCN(c5cccc(S(=O)C6CCC(Nc7ncc(C(F)(F)F)cn7)CC6)c5)CC4)CC3)cc21. The molecule has 3 amide bonds. The van der Waals surface area contributed by atoms with Gasteiger partial charge in [0.1, 0.15) is 0 Å². The fraction of sp³-hybridized carbons (Fsp3) is 0.525. The molecule has 2 aromatic heterocycles. The number of carbonyl (C=O) groups excluding carboxylic acids is 2. The van der Waals surface area contributed by atoms with Crippen molar-refractivity contribution in [3.05, 3.63) is 66.0 Å². The molecule has 16 heteroatoms. The molecule has 1 unspecified atom stereocenters. The monoisotopic (exact) mass is 791 g/mol. The summed E-state index contributed by atoms with van der Waals surface area (Å²) in [6.45, 7) is 5.51. The van der Waals surface area contributed by atoms with E-state index in [1.165, 1.54) is 5.56 Å². The molecule has 5 heterocycles. The lowest BCUT2D eigenvalue weighted by Crippen LogP contribution is -2.49. The molecular weight excluding hydrogens is 744 g/mol. The molecule has 4 aromatic rings. The third-order valence-electron chi connectivity index (χ3n) is 12.1. The molecule has 0 bridgehead atoms. The second-order valence-electron chi connectivity index (χ2n) is 15.7. The lowest BCUT2D eigenvalue weighted by Gasteiger charge is -2.38. The first kappa shape index (κ1) is 38.3. The third-order valence-corrected chi connectivity index (χ3v) is 13.9. The highest BCUT2D eigenvalue weighted by molar-refractivity contribution is 7.85. The van der Waals surface area contributed by atoms with Crippen molar-refractivity contribution in [3.8, 4) is 0 Å². The number of piperidine rings is 2. The minimum Gasteiger partial charge on any atom is -0.371 e. The molecule has 12 nitrogen and oxygen atoms in total. The van der Waals surface area contributed by atoms with Crippen LogP contribution < -0.4 is 20.4 Å². The molecular formula is C40H48F3N9O3S. The van der Waals surface area contributed by atoms with E-state index in [0.717, 1.165) is 118 Å². The summed E-state index contributed by atoms with van der Waals surface area (Å²) in [5.41, 5.74) is 2.54. The number of nitrogens with zero attached hydrogens (tertiary/aromatic N) is 7. The first-order chi connectivity index (χ1) is 27.0. The Hall–Kier alpha value is -4.57. The summed E-state index contributed by atoms with van der Waals surface area (Å²) >= 11 is 0. The highest BCUT2D eigenvalue weighted by Crippen LogP contribution is 2.35. The van der Waals surface area contributed by atoms with Gasteiger partial charge in [-0.1, -0.05) is 12.1 Å². The van der Waals surface area contributed by atoms with Crippen molar-refractivity contribution in [1.82, 2.24) is 30.0 Å². The van der Waals surface area contributed by atoms with E-state index >= 15 is 0 Å². The van der Waals surface area contributed by atoms with Crippen LogP contribution in [0.25, 0.3) is 10.9 Å². The summed E-state index contributed by atoms with van der Waals surface area (Å²) < 4.78 is 54.1. The Kier molecular flexibility index (Phi) is 11.0. The van der Waals surface area contributed by atoms with E-state index in [1.807, 2.05) is 23.9 Å². The van der Waals surface area contributed by atoms with Crippen LogP contribution in [-0.4, -0.2) is 91.4 Å². The van der Waals surface area contributed by atoms with Crippen LogP contribution in [0.5, 0.6) is 0 Å². The molecule has 3 saturated heterocycles. The van der Waals surface area contributed by atoms with Crippen LogP contribution in [0.1, 0.15) is 74.8 Å². The number of hydrogen-bond donors (Lipinski definition) is 2. The zero-order valence-corrected chi connectivity index (χ0v) is 32.3. The van der Waals surface area contributed by atoms with Gasteiger partial charge in [0.05, 0.1) is 21.9 Å². The molecule has 3 aliphatic heterocycles. The maximum atomic E-state index is 13.7. The number of amides is 3. The fourth-order valence-electron chi connectivity index (χ4n) is 8.81. The topological polar surface area (TPSA) is 129 Å². The van der Waals surface area contributed by atoms with Crippen LogP contribution in [0.2, 0.25) is 0 Å². The number of fused-ring (bicyclic) bond motifs is 1. The van der Waals surface area contributed by atoms with Crippen molar-refractivity contribution in [1.29, 1.82) is 0 Å². The van der Waals surface area contributed by atoms with Crippen LogP contribution in [0.4, 0.5) is 35.4 Å². The summed E-state index contributed by atoms with van der Waals surface area (Å²) in [7, 11) is 0.752. The Labute approximate surface area is 326 Å². The van der Waals surface area contributed by atoms with Gasteiger partial charge in [-0.2, -0.15) is 18.3 Å². The zero-order valence-electron chi connectivity index (χ0n) is 31.5. The molecule has 1 aliphatic carbocycles. The van der Waals surface area contributed by atoms with Crippen LogP contribution in [-0.2, 0) is 28.8 Å². The Morgan fingerprint density at radius 3 is 2.32 bits per heavy atom. The van der Waals surface area contributed by atoms with Crippen LogP contribution in [0, 0.1) is 5.92 Å². The summed E-state index contributed by atoms with van der Waals surface area (Å²) in [6.07, 6.45) is 4.84. The minimum absolute atomic E-state index is 0.0285. The fourth-order valence-corrected chi connectivity index (χ4v) is 10.3. The number of carbonyl (C=O) groups is 2. The molecule has 2 N–H and O–H groups in total. The minimum atomic E-state index is -4.47. The largest absolute Gasteiger partial charge is 0.419 e. The average Bonchev–Trinajstić information content (AvgIpc) is 3.53. The molecule has 298 valence electrons. The van der Waals surface area contributed by atoms with Crippen molar-refractivity contribution in [2.24, 2.45) is 13.0 Å². The first-order valence-electron chi connectivity index (χ1n) is 19.7. The van der Waals surface area contributed by atoms with Crippen LogP contribution >= 0.6 is 0 Å². The number of benzene rings is 2. The molecule has 4 aliphatic rings. The Morgan fingerprint density at radius 1 is 0.893 bits per heavy atom. The first-order valence-corrected chi connectivity index (χ1v) is 20.9. The maximum absolute atomic E-state index is 13.7. The van der Waals surface area contributed by atoms with Gasteiger partial charge in [-0.15, -0.1) is 0 Å². The van der Waals surface area contributed by atoms with Gasteiger partial charge in [0, 0.05) is 79.3 Å². The van der Waals surface area contributed by atoms with Gasteiger partial charge in [0.2, 0.25) is 11.9 Å². The summed E-state index contributed by atoms with van der Waals surface area (Å²) in [5, 5.41) is 11.1. The Morgan fingerprint density at radius 2 is 1.62 bits per heavy atom. The lowest BCUT2D eigenvalue weighted by molar-refractivity contribution is -0.138. The van der Waals surface area contributed by atoms with Gasteiger partial charge in [-0.3, -0.25) is 23.9 Å². The van der Waals surface area contributed by atoms with Gasteiger partial charge in [0.15, 0.2) is 5.82 Å². The Balaban J connectivity index is 0.784. The van der Waals surface area contributed by atoms with E-state index < -0.39 is 28.6 Å². The number of hydrogen-bond acceptors (Lipinski definition) is 9. The number of imide groups is 1. The van der Waals surface area contributed by atoms with Crippen LogP contribution in [0.15, 0.2) is 59.8 Å². The standard InChI is InChI=1S/C40H48F3N9O3S/c1-49-35-21-28(5-10-34(35)37(48-49)52-20-15-36(53)47-39(52)54)27-13-16-50(17-14-27)25-26-11-18-51(19-12-26)31-3-2-4-33(22-31)56(55)32-8-6-30(7-9-32)46-38-44-23-29(24-45-38)40(41,42)43/h2-5,10,21-24,26-27,30,32H,6-9,11-20,25H2,1H3,(H,44,45,46)(H,47,53,54). The lowest BCUT2D eigenvalue weighted by atomic mass is 9.88. The van der Waals surface area contributed by atoms with Crippen molar-refractivity contribution in [2.45, 2.75) is 86.1 Å². The predicted octanol–water partition coefficient (Wildman–Crippen LogP) is 6.46. The van der Waals surface area contributed by atoms with E-state index in [9.17, 15) is 27.0 Å². The number of rotatable bonds is 9.